The zero-order valence-corrected chi connectivity index (χ0v) is 12.3. The zero-order valence-electron chi connectivity index (χ0n) is 12.3. The van der Waals surface area contributed by atoms with Crippen LogP contribution in [0.15, 0.2) is 12.2 Å². The molecule has 0 amide bonds. The molecule has 0 aromatic carbocycles. The largest absolute Gasteiger partial charge is 0.462 e. The molecule has 0 bridgehead atoms. The van der Waals surface area contributed by atoms with Crippen molar-refractivity contribution < 1.29 is 19.0 Å². The third kappa shape index (κ3) is 3.40. The summed E-state index contributed by atoms with van der Waals surface area (Å²) in [6.45, 7) is 3.46. The maximum Gasteiger partial charge on any atom is 0.306 e. The van der Waals surface area contributed by atoms with Gasteiger partial charge in [-0.15, -0.1) is 0 Å². The van der Waals surface area contributed by atoms with E-state index in [9.17, 15) is 14.3 Å². The quantitative estimate of drug-likeness (QED) is 0.602. The van der Waals surface area contributed by atoms with Crippen molar-refractivity contribution in [2.24, 2.45) is 11.8 Å². The smallest absolute Gasteiger partial charge is 0.306 e. The maximum atomic E-state index is 14.3. The number of aliphatic hydroxyl groups is 1. The Morgan fingerprint density at radius 3 is 3.00 bits per heavy atom. The summed E-state index contributed by atoms with van der Waals surface area (Å²) in [5.41, 5.74) is -1.58. The van der Waals surface area contributed by atoms with E-state index in [4.69, 9.17) is 4.74 Å². The Balaban J connectivity index is 1.90. The number of unbranched alkanes of at least 4 members (excludes halogenated alkanes) is 1. The molecule has 1 saturated heterocycles. The van der Waals surface area contributed by atoms with Crippen LogP contribution in [0.25, 0.3) is 0 Å². The number of hydrogen-bond donors (Lipinski definition) is 1. The van der Waals surface area contributed by atoms with E-state index in [1.807, 2.05) is 13.0 Å². The molecule has 3 nitrogen and oxygen atoms in total. The van der Waals surface area contributed by atoms with Crippen molar-refractivity contribution in [2.45, 2.75) is 70.2 Å². The van der Waals surface area contributed by atoms with Crippen molar-refractivity contribution >= 4 is 5.97 Å². The minimum Gasteiger partial charge on any atom is -0.462 e. The summed E-state index contributed by atoms with van der Waals surface area (Å²) >= 11 is 0. The molecule has 0 aromatic heterocycles. The lowest BCUT2D eigenvalue weighted by Gasteiger charge is -2.24. The Bertz CT molecular complexity index is 378. The molecule has 1 N–H and O–H groups in total. The molecule has 0 spiro atoms. The highest BCUT2D eigenvalue weighted by Crippen LogP contribution is 2.42. The predicted molar refractivity (Wildman–Crippen MR) is 74.9 cm³/mol. The number of hydrogen-bond acceptors (Lipinski definition) is 3. The Kier molecular flexibility index (Phi) is 4.84. The van der Waals surface area contributed by atoms with Crippen LogP contribution < -0.4 is 0 Å². The van der Waals surface area contributed by atoms with Crippen LogP contribution in [0.4, 0.5) is 4.39 Å². The van der Waals surface area contributed by atoms with Crippen LogP contribution >= 0.6 is 0 Å². The van der Waals surface area contributed by atoms with Gasteiger partial charge in [-0.1, -0.05) is 31.9 Å². The number of carbonyl (C=O) groups excluding carboxylic acids is 1. The van der Waals surface area contributed by atoms with Crippen LogP contribution in [0.2, 0.25) is 0 Å². The van der Waals surface area contributed by atoms with Gasteiger partial charge in [0.1, 0.15) is 17.9 Å². The second kappa shape index (κ2) is 6.25. The van der Waals surface area contributed by atoms with E-state index >= 15 is 0 Å². The first-order chi connectivity index (χ1) is 9.44. The molecule has 1 heterocycles. The first kappa shape index (κ1) is 15.5. The predicted octanol–water partition coefficient (Wildman–Crippen LogP) is 3.16. The van der Waals surface area contributed by atoms with Crippen molar-refractivity contribution in [2.75, 3.05) is 0 Å². The van der Waals surface area contributed by atoms with Gasteiger partial charge in [-0.05, 0) is 32.1 Å². The number of carbonyl (C=O) groups is 1. The second-order valence-corrected chi connectivity index (χ2v) is 6.35. The molecule has 2 unspecified atom stereocenters. The number of aliphatic hydroxyl groups excluding tert-OH is 1. The molecular formula is C16H25FO3. The molecule has 20 heavy (non-hydrogen) atoms. The van der Waals surface area contributed by atoms with Crippen LogP contribution in [-0.4, -0.2) is 29.0 Å². The van der Waals surface area contributed by atoms with Crippen molar-refractivity contribution in [1.82, 2.24) is 0 Å². The van der Waals surface area contributed by atoms with Gasteiger partial charge in [0.25, 0.3) is 0 Å². The van der Waals surface area contributed by atoms with Gasteiger partial charge in [0.2, 0.25) is 0 Å². The lowest BCUT2D eigenvalue weighted by Crippen LogP contribution is -2.33. The fourth-order valence-electron chi connectivity index (χ4n) is 3.26. The summed E-state index contributed by atoms with van der Waals surface area (Å²) in [6, 6.07) is 0. The van der Waals surface area contributed by atoms with Crippen molar-refractivity contribution in [3.8, 4) is 0 Å². The van der Waals surface area contributed by atoms with E-state index < -0.39 is 11.8 Å². The first-order valence-corrected chi connectivity index (χ1v) is 7.69. The van der Waals surface area contributed by atoms with Gasteiger partial charge in [-0.2, -0.15) is 0 Å². The number of rotatable bonds is 6. The highest BCUT2D eigenvalue weighted by molar-refractivity contribution is 5.72. The topological polar surface area (TPSA) is 46.5 Å². The first-order valence-electron chi connectivity index (χ1n) is 7.69. The molecule has 1 aliphatic carbocycles. The van der Waals surface area contributed by atoms with Gasteiger partial charge in [0, 0.05) is 5.92 Å². The van der Waals surface area contributed by atoms with Crippen LogP contribution in [0, 0.1) is 11.8 Å². The summed E-state index contributed by atoms with van der Waals surface area (Å²) in [6.07, 6.45) is 6.76. The SMILES string of the molecule is CCCCC(C)(F)C(O)C=C[C@H]1CC[C@H]2OC(=O)C[C@H]12. The summed E-state index contributed by atoms with van der Waals surface area (Å²) in [5.74, 6) is 0.312. The lowest BCUT2D eigenvalue weighted by atomic mass is 9.90. The molecule has 0 aromatic rings. The van der Waals surface area contributed by atoms with E-state index in [1.165, 1.54) is 6.92 Å². The third-order valence-electron chi connectivity index (χ3n) is 4.67. The van der Waals surface area contributed by atoms with Crippen LogP contribution in [-0.2, 0) is 9.53 Å². The van der Waals surface area contributed by atoms with Crippen molar-refractivity contribution in [1.29, 1.82) is 0 Å². The Hall–Kier alpha value is -0.900. The van der Waals surface area contributed by atoms with Crippen molar-refractivity contribution in [3.63, 3.8) is 0 Å². The number of esters is 1. The van der Waals surface area contributed by atoms with Gasteiger partial charge in [-0.25, -0.2) is 4.39 Å². The van der Waals surface area contributed by atoms with Gasteiger partial charge in [0.05, 0.1) is 6.42 Å². The molecule has 2 rings (SSSR count). The summed E-state index contributed by atoms with van der Waals surface area (Å²) in [5, 5.41) is 10.00. The average molecular weight is 284 g/mol. The van der Waals surface area contributed by atoms with Gasteiger partial charge in [-0.3, -0.25) is 4.79 Å². The molecule has 2 fully saturated rings. The highest BCUT2D eigenvalue weighted by atomic mass is 19.1. The van der Waals surface area contributed by atoms with E-state index in [0.717, 1.165) is 25.7 Å². The monoisotopic (exact) mass is 284 g/mol. The molecule has 5 atom stereocenters. The number of ether oxygens (including phenoxy) is 1. The second-order valence-electron chi connectivity index (χ2n) is 6.35. The number of halogens is 1. The summed E-state index contributed by atoms with van der Waals surface area (Å²) in [4.78, 5) is 11.3. The number of fused-ring (bicyclic) bond motifs is 1. The van der Waals surface area contributed by atoms with E-state index in [-0.39, 0.29) is 23.9 Å². The molecule has 2 aliphatic rings. The summed E-state index contributed by atoms with van der Waals surface area (Å²) in [7, 11) is 0. The van der Waals surface area contributed by atoms with Gasteiger partial charge >= 0.3 is 5.97 Å². The van der Waals surface area contributed by atoms with E-state index in [2.05, 4.69) is 0 Å². The van der Waals surface area contributed by atoms with E-state index in [1.54, 1.807) is 6.08 Å². The average Bonchev–Trinajstić information content (AvgIpc) is 2.93. The Morgan fingerprint density at radius 2 is 2.30 bits per heavy atom. The molecular weight excluding hydrogens is 259 g/mol. The zero-order chi connectivity index (χ0) is 14.8. The van der Waals surface area contributed by atoms with Gasteiger partial charge in [0.15, 0.2) is 0 Å². The fourth-order valence-corrected chi connectivity index (χ4v) is 3.26. The van der Waals surface area contributed by atoms with E-state index in [0.29, 0.717) is 12.8 Å². The van der Waals surface area contributed by atoms with Crippen LogP contribution in [0.1, 0.15) is 52.4 Å². The van der Waals surface area contributed by atoms with Crippen molar-refractivity contribution in [3.05, 3.63) is 12.2 Å². The number of alkyl halides is 1. The Morgan fingerprint density at radius 1 is 1.55 bits per heavy atom. The molecule has 4 heteroatoms. The lowest BCUT2D eigenvalue weighted by molar-refractivity contribution is -0.141. The Labute approximate surface area is 120 Å². The molecule has 0 radical (unpaired) electrons. The molecule has 1 saturated carbocycles. The fraction of sp³-hybridized carbons (Fsp3) is 0.812. The van der Waals surface area contributed by atoms with Crippen LogP contribution in [0.5, 0.6) is 0 Å². The molecule has 1 aliphatic heterocycles. The third-order valence-corrected chi connectivity index (χ3v) is 4.67. The number of allylic oxidation sites excluding steroid dienone is 1. The molecule has 114 valence electrons. The van der Waals surface area contributed by atoms with Gasteiger partial charge < -0.3 is 9.84 Å². The minimum absolute atomic E-state index is 0.0335. The highest BCUT2D eigenvalue weighted by Gasteiger charge is 2.43. The summed E-state index contributed by atoms with van der Waals surface area (Å²) < 4.78 is 19.5. The van der Waals surface area contributed by atoms with Crippen LogP contribution in [0.3, 0.4) is 0 Å². The normalized spacial score (nSPS) is 34.0. The standard InChI is InChI=1S/C16H25FO3/c1-3-4-9-16(2,17)14(18)8-6-11-5-7-13-12(11)10-15(19)20-13/h6,8,11-14,18H,3-5,7,9-10H2,1-2H3/t11-,12-,13-,14?,16?/m1/s1. The minimum atomic E-state index is -1.58. The maximum absolute atomic E-state index is 14.3.